The molecular formula is C10H11FN2O. The van der Waals surface area contributed by atoms with E-state index < -0.39 is 0 Å². The summed E-state index contributed by atoms with van der Waals surface area (Å²) in [6.07, 6.45) is 0.580. The van der Waals surface area contributed by atoms with Crippen LogP contribution in [0.4, 0.5) is 10.1 Å². The quantitative estimate of drug-likeness (QED) is 0.705. The van der Waals surface area contributed by atoms with Crippen molar-refractivity contribution in [3.8, 4) is 0 Å². The van der Waals surface area contributed by atoms with Crippen molar-refractivity contribution in [1.29, 1.82) is 0 Å². The van der Waals surface area contributed by atoms with Crippen LogP contribution in [0.5, 0.6) is 0 Å². The Labute approximate surface area is 81.5 Å². The molecule has 1 N–H and O–H groups in total. The smallest absolute Gasteiger partial charge is 0.157 e. The summed E-state index contributed by atoms with van der Waals surface area (Å²) in [5.41, 5.74) is 0.869. The third-order valence-electron chi connectivity index (χ3n) is 2.33. The lowest BCUT2D eigenvalue weighted by Gasteiger charge is -2.21. The molecule has 4 heteroatoms. The van der Waals surface area contributed by atoms with E-state index in [1.165, 1.54) is 12.1 Å². The van der Waals surface area contributed by atoms with Gasteiger partial charge in [0.05, 0.1) is 0 Å². The third kappa shape index (κ3) is 1.61. The number of nitrogens with zero attached hydrogens (tertiary/aromatic N) is 1. The molecule has 0 aliphatic carbocycles. The van der Waals surface area contributed by atoms with E-state index in [1.54, 1.807) is 12.1 Å². The minimum absolute atomic E-state index is 0.261. The Kier molecular flexibility index (Phi) is 2.45. The highest BCUT2D eigenvalue weighted by Gasteiger charge is 2.22. The topological polar surface area (TPSA) is 32.3 Å². The van der Waals surface area contributed by atoms with Crippen LogP contribution in [0, 0.1) is 5.82 Å². The van der Waals surface area contributed by atoms with Gasteiger partial charge >= 0.3 is 0 Å². The summed E-state index contributed by atoms with van der Waals surface area (Å²) in [6, 6.07) is 6.16. The molecule has 0 aromatic heterocycles. The number of aldehydes is 1. The average molecular weight is 194 g/mol. The van der Waals surface area contributed by atoms with Crippen LogP contribution in [0.25, 0.3) is 0 Å². The van der Waals surface area contributed by atoms with E-state index in [-0.39, 0.29) is 12.0 Å². The van der Waals surface area contributed by atoms with E-state index >= 15 is 0 Å². The Morgan fingerprint density at radius 3 is 2.79 bits per heavy atom. The standard InChI is InChI=1S/C10H11FN2O/c11-8-1-3-9(4-2-8)13-6-5-12-10(13)7-14/h1-4,7,10,12H,5-6H2. The number of anilines is 1. The highest BCUT2D eigenvalue weighted by molar-refractivity contribution is 5.66. The predicted octanol–water partition coefficient (Wildman–Crippen LogP) is 0.760. The summed E-state index contributed by atoms with van der Waals surface area (Å²) in [5.74, 6) is -0.261. The van der Waals surface area contributed by atoms with E-state index in [2.05, 4.69) is 5.32 Å². The van der Waals surface area contributed by atoms with Gasteiger partial charge in [0, 0.05) is 18.8 Å². The number of carbonyl (C=O) groups excluding carboxylic acids is 1. The van der Waals surface area contributed by atoms with Gasteiger partial charge in [0.15, 0.2) is 6.29 Å². The first-order valence-electron chi connectivity index (χ1n) is 4.52. The van der Waals surface area contributed by atoms with Crippen molar-refractivity contribution in [3.63, 3.8) is 0 Å². The molecule has 1 atom stereocenters. The van der Waals surface area contributed by atoms with Crippen LogP contribution in [-0.2, 0) is 4.79 Å². The lowest BCUT2D eigenvalue weighted by molar-refractivity contribution is -0.109. The molecule has 0 spiro atoms. The Hall–Kier alpha value is -1.42. The molecule has 1 unspecified atom stereocenters. The monoisotopic (exact) mass is 194 g/mol. The summed E-state index contributed by atoms with van der Waals surface area (Å²) >= 11 is 0. The molecule has 3 nitrogen and oxygen atoms in total. The lowest BCUT2D eigenvalue weighted by Crippen LogP contribution is -2.36. The fourth-order valence-electron chi connectivity index (χ4n) is 1.63. The molecule has 2 rings (SSSR count). The number of carbonyl (C=O) groups is 1. The van der Waals surface area contributed by atoms with Crippen LogP contribution in [0.3, 0.4) is 0 Å². The van der Waals surface area contributed by atoms with Crippen molar-refractivity contribution >= 4 is 12.0 Å². The number of hydrogen-bond donors (Lipinski definition) is 1. The summed E-state index contributed by atoms with van der Waals surface area (Å²) in [4.78, 5) is 12.6. The molecule has 1 fully saturated rings. The fourth-order valence-corrected chi connectivity index (χ4v) is 1.63. The normalized spacial score (nSPS) is 21.2. The minimum atomic E-state index is -0.277. The van der Waals surface area contributed by atoms with E-state index in [4.69, 9.17) is 0 Å². The SMILES string of the molecule is O=CC1NCCN1c1ccc(F)cc1. The molecule has 74 valence electrons. The predicted molar refractivity (Wildman–Crippen MR) is 51.6 cm³/mol. The second-order valence-corrected chi connectivity index (χ2v) is 3.20. The molecule has 1 saturated heterocycles. The summed E-state index contributed by atoms with van der Waals surface area (Å²) in [6.45, 7) is 1.55. The second kappa shape index (κ2) is 3.75. The summed E-state index contributed by atoms with van der Waals surface area (Å²) < 4.78 is 12.6. The highest BCUT2D eigenvalue weighted by atomic mass is 19.1. The second-order valence-electron chi connectivity index (χ2n) is 3.20. The highest BCUT2D eigenvalue weighted by Crippen LogP contribution is 2.17. The first kappa shape index (κ1) is 9.15. The fraction of sp³-hybridized carbons (Fsp3) is 0.300. The van der Waals surface area contributed by atoms with E-state index in [9.17, 15) is 9.18 Å². The number of nitrogens with one attached hydrogen (secondary N) is 1. The van der Waals surface area contributed by atoms with Crippen LogP contribution in [0.15, 0.2) is 24.3 Å². The molecule has 1 aromatic rings. The molecule has 14 heavy (non-hydrogen) atoms. The largest absolute Gasteiger partial charge is 0.348 e. The van der Waals surface area contributed by atoms with E-state index in [1.807, 2.05) is 4.90 Å². The van der Waals surface area contributed by atoms with Crippen molar-refractivity contribution in [2.45, 2.75) is 6.17 Å². The number of rotatable bonds is 2. The molecule has 1 heterocycles. The van der Waals surface area contributed by atoms with Crippen LogP contribution < -0.4 is 10.2 Å². The van der Waals surface area contributed by atoms with Crippen molar-refractivity contribution in [2.75, 3.05) is 18.0 Å². The summed E-state index contributed by atoms with van der Waals surface area (Å²) in [7, 11) is 0. The zero-order valence-electron chi connectivity index (χ0n) is 7.61. The van der Waals surface area contributed by atoms with Gasteiger partial charge in [-0.05, 0) is 24.3 Å². The minimum Gasteiger partial charge on any atom is -0.348 e. The Balaban J connectivity index is 2.21. The zero-order chi connectivity index (χ0) is 9.97. The maximum atomic E-state index is 12.6. The molecule has 0 amide bonds. The van der Waals surface area contributed by atoms with Crippen molar-refractivity contribution < 1.29 is 9.18 Å². The van der Waals surface area contributed by atoms with E-state index in [0.717, 1.165) is 25.1 Å². The first-order chi connectivity index (χ1) is 6.81. The van der Waals surface area contributed by atoms with Crippen molar-refractivity contribution in [2.24, 2.45) is 0 Å². The zero-order valence-corrected chi connectivity index (χ0v) is 7.61. The van der Waals surface area contributed by atoms with Gasteiger partial charge in [-0.25, -0.2) is 4.39 Å². The van der Waals surface area contributed by atoms with E-state index in [0.29, 0.717) is 0 Å². The van der Waals surface area contributed by atoms with Crippen LogP contribution in [0.1, 0.15) is 0 Å². The van der Waals surface area contributed by atoms with Crippen molar-refractivity contribution in [3.05, 3.63) is 30.1 Å². The van der Waals surface area contributed by atoms with Crippen molar-refractivity contribution in [1.82, 2.24) is 5.32 Å². The molecule has 0 saturated carbocycles. The van der Waals surface area contributed by atoms with Gasteiger partial charge in [0.25, 0.3) is 0 Å². The molecule has 0 bridgehead atoms. The van der Waals surface area contributed by atoms with Gasteiger partial charge in [-0.15, -0.1) is 0 Å². The van der Waals surface area contributed by atoms with Crippen LogP contribution >= 0.6 is 0 Å². The molecule has 1 aliphatic heterocycles. The lowest BCUT2D eigenvalue weighted by atomic mass is 10.3. The Morgan fingerprint density at radius 2 is 2.14 bits per heavy atom. The van der Waals surface area contributed by atoms with Gasteiger partial charge in [-0.3, -0.25) is 10.1 Å². The molecule has 1 aromatic carbocycles. The van der Waals surface area contributed by atoms with Gasteiger partial charge in [-0.1, -0.05) is 0 Å². The maximum absolute atomic E-state index is 12.6. The molecular weight excluding hydrogens is 183 g/mol. The number of halogens is 1. The maximum Gasteiger partial charge on any atom is 0.157 e. The molecule has 1 aliphatic rings. The molecule has 0 radical (unpaired) electrons. The Bertz CT molecular complexity index is 325. The number of hydrogen-bond acceptors (Lipinski definition) is 3. The third-order valence-corrected chi connectivity index (χ3v) is 2.33. The average Bonchev–Trinajstić information content (AvgIpc) is 2.67. The summed E-state index contributed by atoms with van der Waals surface area (Å²) in [5, 5.41) is 3.03. The Morgan fingerprint density at radius 1 is 1.43 bits per heavy atom. The number of benzene rings is 1. The van der Waals surface area contributed by atoms with Crippen LogP contribution in [-0.4, -0.2) is 25.5 Å². The van der Waals surface area contributed by atoms with Gasteiger partial charge < -0.3 is 4.90 Å². The van der Waals surface area contributed by atoms with Gasteiger partial charge in [0.1, 0.15) is 12.0 Å². The van der Waals surface area contributed by atoms with Gasteiger partial charge in [-0.2, -0.15) is 0 Å². The van der Waals surface area contributed by atoms with Crippen LogP contribution in [0.2, 0.25) is 0 Å². The van der Waals surface area contributed by atoms with Gasteiger partial charge in [0.2, 0.25) is 0 Å². The first-order valence-corrected chi connectivity index (χ1v) is 4.52.